The van der Waals surface area contributed by atoms with Gasteiger partial charge in [-0.1, -0.05) is 23.8 Å². The molecule has 0 aromatic heterocycles. The van der Waals surface area contributed by atoms with E-state index in [0.717, 1.165) is 25.7 Å². The SMILES string of the molecule is C=C1C(=O)O[C@@H]2/C=C(\C)CC/C=C(\C)CC[C@@H]3O[C@]3(C)C(=O)C[C@@H]12. The van der Waals surface area contributed by atoms with E-state index in [9.17, 15) is 9.59 Å². The normalized spacial score (nSPS) is 42.0. The Bertz CT molecular complexity index is 642. The number of epoxide rings is 1. The van der Waals surface area contributed by atoms with E-state index in [-0.39, 0.29) is 36.3 Å². The third kappa shape index (κ3) is 3.25. The number of ketones is 1. The largest absolute Gasteiger partial charge is 0.454 e. The topological polar surface area (TPSA) is 55.9 Å². The van der Waals surface area contributed by atoms with Crippen molar-refractivity contribution in [3.8, 4) is 0 Å². The van der Waals surface area contributed by atoms with E-state index in [4.69, 9.17) is 9.47 Å². The van der Waals surface area contributed by atoms with Gasteiger partial charge in [0.15, 0.2) is 5.78 Å². The van der Waals surface area contributed by atoms with Crippen LogP contribution in [0.1, 0.15) is 52.9 Å². The van der Waals surface area contributed by atoms with Gasteiger partial charge in [-0.2, -0.15) is 0 Å². The fraction of sp³-hybridized carbons (Fsp3) is 0.600. The molecular weight excluding hydrogens is 304 g/mol. The van der Waals surface area contributed by atoms with Gasteiger partial charge < -0.3 is 9.47 Å². The molecule has 2 aliphatic heterocycles. The zero-order chi connectivity index (χ0) is 17.5. The first-order chi connectivity index (χ1) is 11.3. The maximum absolute atomic E-state index is 12.7. The monoisotopic (exact) mass is 330 g/mol. The van der Waals surface area contributed by atoms with Gasteiger partial charge in [-0.3, -0.25) is 4.79 Å². The van der Waals surface area contributed by atoms with Crippen molar-refractivity contribution >= 4 is 11.8 Å². The summed E-state index contributed by atoms with van der Waals surface area (Å²) >= 11 is 0. The van der Waals surface area contributed by atoms with Crippen LogP contribution in [0.3, 0.4) is 0 Å². The molecular formula is C20H26O4. The van der Waals surface area contributed by atoms with Crippen molar-refractivity contribution in [2.75, 3.05) is 0 Å². The molecule has 2 fully saturated rings. The minimum Gasteiger partial charge on any atom is -0.454 e. The second-order valence-electron chi connectivity index (χ2n) is 7.48. The number of rotatable bonds is 0. The highest BCUT2D eigenvalue weighted by molar-refractivity contribution is 5.95. The number of fused-ring (bicyclic) bond motifs is 2. The predicted octanol–water partition coefficient (Wildman–Crippen LogP) is 3.67. The Labute approximate surface area is 143 Å². The molecule has 0 aromatic rings. The molecule has 0 aromatic carbocycles. The predicted molar refractivity (Wildman–Crippen MR) is 91.4 cm³/mol. The summed E-state index contributed by atoms with van der Waals surface area (Å²) in [6.45, 7) is 9.88. The first kappa shape index (κ1) is 17.2. The molecule has 3 aliphatic rings. The standard InChI is InChI=1S/C20H26O4/c1-12-6-5-7-13(2)10-16-15(14(3)19(22)23-16)11-17(21)20(4)18(24-20)9-8-12/h6,10,15-16,18H,3,5,7-9,11H2,1-2,4H3/b12-6+,13-10+/t15-,16+,18-,20+/m0/s1. The molecule has 130 valence electrons. The first-order valence-electron chi connectivity index (χ1n) is 8.75. The second-order valence-corrected chi connectivity index (χ2v) is 7.48. The van der Waals surface area contributed by atoms with Crippen molar-refractivity contribution < 1.29 is 19.1 Å². The molecule has 0 unspecified atom stereocenters. The Kier molecular flexibility index (Phi) is 4.52. The molecule has 0 radical (unpaired) electrons. The lowest BCUT2D eigenvalue weighted by molar-refractivity contribution is -0.137. The number of hydrogen-bond acceptors (Lipinski definition) is 4. The molecule has 3 rings (SSSR count). The minimum atomic E-state index is -0.709. The molecule has 2 saturated heterocycles. The number of ether oxygens (including phenoxy) is 2. The Hall–Kier alpha value is -1.68. The van der Waals surface area contributed by atoms with Crippen molar-refractivity contribution in [2.24, 2.45) is 5.92 Å². The van der Waals surface area contributed by atoms with Gasteiger partial charge >= 0.3 is 5.97 Å². The maximum atomic E-state index is 12.7. The second kappa shape index (κ2) is 6.32. The van der Waals surface area contributed by atoms with Crippen LogP contribution in [0.4, 0.5) is 0 Å². The molecule has 0 amide bonds. The summed E-state index contributed by atoms with van der Waals surface area (Å²) in [7, 11) is 0. The van der Waals surface area contributed by atoms with E-state index >= 15 is 0 Å². The summed E-state index contributed by atoms with van der Waals surface area (Å²) in [6.07, 6.45) is 7.80. The third-order valence-electron chi connectivity index (χ3n) is 5.53. The summed E-state index contributed by atoms with van der Waals surface area (Å²) in [5.74, 6) is -0.617. The van der Waals surface area contributed by atoms with Crippen LogP contribution in [0, 0.1) is 5.92 Å². The van der Waals surface area contributed by atoms with Gasteiger partial charge in [0.25, 0.3) is 0 Å². The lowest BCUT2D eigenvalue weighted by atomic mass is 9.85. The Morgan fingerprint density at radius 3 is 2.71 bits per heavy atom. The van der Waals surface area contributed by atoms with Crippen LogP contribution in [0.2, 0.25) is 0 Å². The minimum absolute atomic E-state index is 0.0155. The smallest absolute Gasteiger partial charge is 0.334 e. The molecule has 0 spiro atoms. The molecule has 0 bridgehead atoms. The molecule has 4 nitrogen and oxygen atoms in total. The summed E-state index contributed by atoms with van der Waals surface area (Å²) in [5, 5.41) is 0. The zero-order valence-corrected chi connectivity index (χ0v) is 14.8. The highest BCUT2D eigenvalue weighted by atomic mass is 16.6. The lowest BCUT2D eigenvalue weighted by Crippen LogP contribution is -2.29. The van der Waals surface area contributed by atoms with Crippen molar-refractivity contribution in [3.63, 3.8) is 0 Å². The van der Waals surface area contributed by atoms with Gasteiger partial charge in [-0.15, -0.1) is 0 Å². The van der Waals surface area contributed by atoms with E-state index in [1.165, 1.54) is 11.1 Å². The molecule has 0 N–H and O–H groups in total. The van der Waals surface area contributed by atoms with Crippen LogP contribution in [0.15, 0.2) is 35.5 Å². The van der Waals surface area contributed by atoms with E-state index in [2.05, 4.69) is 19.6 Å². The number of Topliss-reactive ketones (excluding diaryl/α,β-unsaturated/α-hetero) is 1. The number of carbonyl (C=O) groups is 2. The average Bonchev–Trinajstić information content (AvgIpc) is 3.13. The first-order valence-corrected chi connectivity index (χ1v) is 8.75. The van der Waals surface area contributed by atoms with Gasteiger partial charge in [0, 0.05) is 17.9 Å². The van der Waals surface area contributed by atoms with E-state index in [1.807, 2.05) is 19.9 Å². The van der Waals surface area contributed by atoms with Gasteiger partial charge in [0.2, 0.25) is 0 Å². The zero-order valence-electron chi connectivity index (χ0n) is 14.8. The Balaban J connectivity index is 1.86. The lowest BCUT2D eigenvalue weighted by Gasteiger charge is -2.17. The van der Waals surface area contributed by atoms with Gasteiger partial charge in [-0.25, -0.2) is 4.79 Å². The van der Waals surface area contributed by atoms with E-state index in [1.54, 1.807) is 0 Å². The summed E-state index contributed by atoms with van der Waals surface area (Å²) in [5.41, 5.74) is 2.21. The average molecular weight is 330 g/mol. The molecule has 4 atom stereocenters. The fourth-order valence-corrected chi connectivity index (χ4v) is 3.63. The number of esters is 1. The van der Waals surface area contributed by atoms with E-state index in [0.29, 0.717) is 5.57 Å². The highest BCUT2D eigenvalue weighted by Crippen LogP contribution is 2.44. The van der Waals surface area contributed by atoms with Crippen LogP contribution >= 0.6 is 0 Å². The van der Waals surface area contributed by atoms with Crippen LogP contribution < -0.4 is 0 Å². The number of hydrogen-bond donors (Lipinski definition) is 0. The Morgan fingerprint density at radius 2 is 1.96 bits per heavy atom. The van der Waals surface area contributed by atoms with E-state index < -0.39 is 5.60 Å². The molecule has 1 aliphatic carbocycles. The molecule has 2 heterocycles. The number of carbonyl (C=O) groups excluding carboxylic acids is 2. The maximum Gasteiger partial charge on any atom is 0.334 e. The van der Waals surface area contributed by atoms with Crippen molar-refractivity contribution in [1.29, 1.82) is 0 Å². The van der Waals surface area contributed by atoms with Crippen LogP contribution in [0.5, 0.6) is 0 Å². The van der Waals surface area contributed by atoms with Gasteiger partial charge in [0.1, 0.15) is 11.7 Å². The quantitative estimate of drug-likeness (QED) is 0.294. The van der Waals surface area contributed by atoms with Crippen LogP contribution in [0.25, 0.3) is 0 Å². The van der Waals surface area contributed by atoms with Crippen LogP contribution in [-0.4, -0.2) is 29.6 Å². The summed E-state index contributed by atoms with van der Waals surface area (Å²) in [4.78, 5) is 24.6. The van der Waals surface area contributed by atoms with Crippen molar-refractivity contribution in [1.82, 2.24) is 0 Å². The fourth-order valence-electron chi connectivity index (χ4n) is 3.63. The third-order valence-corrected chi connectivity index (χ3v) is 5.53. The molecule has 4 heteroatoms. The van der Waals surface area contributed by atoms with Crippen LogP contribution in [-0.2, 0) is 19.1 Å². The van der Waals surface area contributed by atoms with Crippen molar-refractivity contribution in [3.05, 3.63) is 35.5 Å². The molecule has 24 heavy (non-hydrogen) atoms. The molecule has 0 saturated carbocycles. The highest BCUT2D eigenvalue weighted by Gasteiger charge is 2.58. The Morgan fingerprint density at radius 1 is 1.21 bits per heavy atom. The van der Waals surface area contributed by atoms with Gasteiger partial charge in [-0.05, 0) is 52.5 Å². The van der Waals surface area contributed by atoms with Gasteiger partial charge in [0.05, 0.1) is 6.10 Å². The summed E-state index contributed by atoms with van der Waals surface area (Å²) < 4.78 is 11.2. The number of allylic oxidation sites excluding steroid dienone is 3. The van der Waals surface area contributed by atoms with Crippen molar-refractivity contribution in [2.45, 2.75) is 70.7 Å². The summed E-state index contributed by atoms with van der Waals surface area (Å²) in [6, 6.07) is 0.